The molecule has 22 heavy (non-hydrogen) atoms. The molecule has 2 unspecified atom stereocenters. The van der Waals surface area contributed by atoms with Crippen molar-refractivity contribution >= 4 is 23.2 Å². The molecule has 1 aromatic heterocycles. The Balaban J connectivity index is 2.65. The van der Waals surface area contributed by atoms with Gasteiger partial charge < -0.3 is 16.4 Å². The summed E-state index contributed by atoms with van der Waals surface area (Å²) in [6.45, 7) is 6.36. The van der Waals surface area contributed by atoms with E-state index in [2.05, 4.69) is 17.6 Å². The second-order valence-corrected chi connectivity index (χ2v) is 6.70. The van der Waals surface area contributed by atoms with Crippen LogP contribution in [0.4, 0.5) is 0 Å². The van der Waals surface area contributed by atoms with E-state index < -0.39 is 6.04 Å². The Hall–Kier alpha value is -1.40. The molecule has 5 nitrogen and oxygen atoms in total. The second-order valence-electron chi connectivity index (χ2n) is 5.76. The molecule has 2 amide bonds. The molecule has 0 saturated heterocycles. The van der Waals surface area contributed by atoms with E-state index in [1.807, 2.05) is 25.3 Å². The number of carbonyl (C=O) groups excluding carboxylic acids is 2. The summed E-state index contributed by atoms with van der Waals surface area (Å²) >= 11 is 1.36. The lowest BCUT2D eigenvalue weighted by Gasteiger charge is -2.25. The number of nitrogens with two attached hydrogens (primary N) is 1. The van der Waals surface area contributed by atoms with Crippen LogP contribution < -0.4 is 16.4 Å². The van der Waals surface area contributed by atoms with Crippen molar-refractivity contribution in [3.63, 3.8) is 0 Å². The summed E-state index contributed by atoms with van der Waals surface area (Å²) in [6.07, 6.45) is 2.95. The van der Waals surface area contributed by atoms with Crippen molar-refractivity contribution < 1.29 is 9.59 Å². The minimum Gasteiger partial charge on any atom is -0.350 e. The van der Waals surface area contributed by atoms with E-state index in [0.717, 1.165) is 19.3 Å². The fraction of sp³-hybridized carbons (Fsp3) is 0.625. The molecular formula is C16H27N3O2S. The van der Waals surface area contributed by atoms with E-state index in [4.69, 9.17) is 5.73 Å². The number of rotatable bonds is 9. The first kappa shape index (κ1) is 18.6. The van der Waals surface area contributed by atoms with Gasteiger partial charge in [0.15, 0.2) is 0 Å². The van der Waals surface area contributed by atoms with Crippen molar-refractivity contribution in [2.45, 2.75) is 52.1 Å². The molecule has 0 saturated carbocycles. The number of carbonyl (C=O) groups is 2. The van der Waals surface area contributed by atoms with Gasteiger partial charge in [-0.3, -0.25) is 9.59 Å². The first-order chi connectivity index (χ1) is 10.5. The van der Waals surface area contributed by atoms with Crippen molar-refractivity contribution in [2.24, 2.45) is 11.7 Å². The highest BCUT2D eigenvalue weighted by Gasteiger charge is 2.26. The number of nitrogens with one attached hydrogen (secondary N) is 2. The first-order valence-corrected chi connectivity index (χ1v) is 8.72. The molecule has 6 heteroatoms. The van der Waals surface area contributed by atoms with Gasteiger partial charge in [0.1, 0.15) is 6.04 Å². The van der Waals surface area contributed by atoms with E-state index >= 15 is 0 Å². The van der Waals surface area contributed by atoms with E-state index in [9.17, 15) is 9.59 Å². The van der Waals surface area contributed by atoms with Crippen molar-refractivity contribution in [1.82, 2.24) is 10.6 Å². The summed E-state index contributed by atoms with van der Waals surface area (Å²) in [7, 11) is 0. The minimum atomic E-state index is -0.551. The summed E-state index contributed by atoms with van der Waals surface area (Å²) in [6, 6.07) is 2.98. The predicted octanol–water partition coefficient (Wildman–Crippen LogP) is 2.14. The number of hydrogen-bond acceptors (Lipinski definition) is 4. The van der Waals surface area contributed by atoms with Gasteiger partial charge in [0, 0.05) is 12.6 Å². The molecule has 1 rings (SSSR count). The van der Waals surface area contributed by atoms with Crippen LogP contribution in [0, 0.1) is 5.92 Å². The number of hydrogen-bond donors (Lipinski definition) is 3. The molecule has 4 N–H and O–H groups in total. The molecular weight excluding hydrogens is 298 g/mol. The Bertz CT molecular complexity index is 460. The van der Waals surface area contributed by atoms with Crippen LogP contribution in [0.5, 0.6) is 0 Å². The first-order valence-electron chi connectivity index (χ1n) is 7.84. The maximum Gasteiger partial charge on any atom is 0.262 e. The third-order valence-corrected chi connectivity index (χ3v) is 4.39. The molecule has 0 aliphatic heterocycles. The summed E-state index contributed by atoms with van der Waals surface area (Å²) in [5.41, 5.74) is 5.72. The van der Waals surface area contributed by atoms with Gasteiger partial charge in [0.2, 0.25) is 5.91 Å². The quantitative estimate of drug-likeness (QED) is 0.650. The second kappa shape index (κ2) is 9.58. The topological polar surface area (TPSA) is 84.2 Å². The largest absolute Gasteiger partial charge is 0.350 e. The molecule has 0 aliphatic rings. The number of amides is 2. The third-order valence-electron chi connectivity index (χ3n) is 3.52. The molecule has 1 heterocycles. The maximum atomic E-state index is 12.4. The summed E-state index contributed by atoms with van der Waals surface area (Å²) in [4.78, 5) is 25.2. The Kier molecular flexibility index (Phi) is 8.12. The lowest BCUT2D eigenvalue weighted by molar-refractivity contribution is -0.124. The lowest BCUT2D eigenvalue weighted by Crippen LogP contribution is -2.53. The molecule has 124 valence electrons. The van der Waals surface area contributed by atoms with Gasteiger partial charge in [-0.2, -0.15) is 0 Å². The molecule has 2 atom stereocenters. The van der Waals surface area contributed by atoms with Crippen LogP contribution in [-0.4, -0.2) is 30.4 Å². The summed E-state index contributed by atoms with van der Waals surface area (Å²) in [5, 5.41) is 7.62. The number of thiophene rings is 1. The van der Waals surface area contributed by atoms with Crippen molar-refractivity contribution in [3.05, 3.63) is 22.4 Å². The van der Waals surface area contributed by atoms with Gasteiger partial charge in [0.05, 0.1) is 4.88 Å². The van der Waals surface area contributed by atoms with E-state index in [1.165, 1.54) is 11.3 Å². The Morgan fingerprint density at radius 1 is 1.32 bits per heavy atom. The van der Waals surface area contributed by atoms with Crippen LogP contribution in [-0.2, 0) is 4.79 Å². The normalized spacial score (nSPS) is 13.7. The van der Waals surface area contributed by atoms with Crippen LogP contribution in [0.3, 0.4) is 0 Å². The van der Waals surface area contributed by atoms with Crippen LogP contribution in [0.1, 0.15) is 49.7 Å². The zero-order valence-corrected chi connectivity index (χ0v) is 14.4. The zero-order chi connectivity index (χ0) is 16.5. The van der Waals surface area contributed by atoms with Crippen LogP contribution >= 0.6 is 11.3 Å². The van der Waals surface area contributed by atoms with E-state index in [1.54, 1.807) is 6.07 Å². The number of unbranched alkanes of at least 4 members (excludes halogenated alkanes) is 1. The Labute approximate surface area is 136 Å². The fourth-order valence-electron chi connectivity index (χ4n) is 2.15. The molecule has 0 spiro atoms. The van der Waals surface area contributed by atoms with Crippen molar-refractivity contribution in [2.75, 3.05) is 6.54 Å². The molecule has 0 fully saturated rings. The molecule has 0 radical (unpaired) electrons. The van der Waals surface area contributed by atoms with Gasteiger partial charge in [-0.15, -0.1) is 11.3 Å². The average molecular weight is 325 g/mol. The zero-order valence-electron chi connectivity index (χ0n) is 13.6. The smallest absolute Gasteiger partial charge is 0.262 e. The lowest BCUT2D eigenvalue weighted by atomic mass is 10.0. The molecule has 0 bridgehead atoms. The van der Waals surface area contributed by atoms with Gasteiger partial charge >= 0.3 is 0 Å². The van der Waals surface area contributed by atoms with Gasteiger partial charge in [-0.1, -0.05) is 39.7 Å². The van der Waals surface area contributed by atoms with Crippen molar-refractivity contribution in [3.8, 4) is 0 Å². The molecule has 1 aromatic rings. The van der Waals surface area contributed by atoms with Gasteiger partial charge in [-0.05, 0) is 23.8 Å². The van der Waals surface area contributed by atoms with Gasteiger partial charge in [0.25, 0.3) is 5.91 Å². The molecule has 0 aliphatic carbocycles. The van der Waals surface area contributed by atoms with Crippen LogP contribution in [0.15, 0.2) is 17.5 Å². The SMILES string of the molecule is CCCCC(CN)NC(=O)C(NC(=O)c1cccs1)C(C)C. The Morgan fingerprint density at radius 2 is 2.05 bits per heavy atom. The standard InChI is InChI=1S/C16H27N3O2S/c1-4-5-7-12(10-17)18-16(21)14(11(2)3)19-15(20)13-8-6-9-22-13/h6,8-9,11-12,14H,4-5,7,10,17H2,1-3H3,(H,18,21)(H,19,20). The monoisotopic (exact) mass is 325 g/mol. The van der Waals surface area contributed by atoms with Crippen LogP contribution in [0.25, 0.3) is 0 Å². The van der Waals surface area contributed by atoms with Crippen LogP contribution in [0.2, 0.25) is 0 Å². The summed E-state index contributed by atoms with van der Waals surface area (Å²) < 4.78 is 0. The highest BCUT2D eigenvalue weighted by atomic mass is 32.1. The summed E-state index contributed by atoms with van der Waals surface area (Å²) in [5.74, 6) is -0.360. The highest BCUT2D eigenvalue weighted by Crippen LogP contribution is 2.11. The predicted molar refractivity (Wildman–Crippen MR) is 90.9 cm³/mol. The minimum absolute atomic E-state index is 0.00788. The Morgan fingerprint density at radius 3 is 2.55 bits per heavy atom. The highest BCUT2D eigenvalue weighted by molar-refractivity contribution is 7.12. The fourth-order valence-corrected chi connectivity index (χ4v) is 2.77. The van der Waals surface area contributed by atoms with Crippen molar-refractivity contribution in [1.29, 1.82) is 0 Å². The average Bonchev–Trinajstić information content (AvgIpc) is 3.02. The van der Waals surface area contributed by atoms with Gasteiger partial charge in [-0.25, -0.2) is 0 Å². The van der Waals surface area contributed by atoms with E-state index in [0.29, 0.717) is 11.4 Å². The van der Waals surface area contributed by atoms with E-state index in [-0.39, 0.29) is 23.8 Å². The maximum absolute atomic E-state index is 12.4. The molecule has 0 aromatic carbocycles. The third kappa shape index (κ3) is 5.77.